The number of halogens is 2. The highest BCUT2D eigenvalue weighted by molar-refractivity contribution is 6.00. The van der Waals surface area contributed by atoms with Gasteiger partial charge in [-0.05, 0) is 42.2 Å². The third-order valence-electron chi connectivity index (χ3n) is 3.64. The third kappa shape index (κ3) is 4.13. The summed E-state index contributed by atoms with van der Waals surface area (Å²) in [5, 5.41) is 8.81. The van der Waals surface area contributed by atoms with Gasteiger partial charge in [-0.3, -0.25) is 4.79 Å². The number of unbranched alkanes of at least 4 members (excludes halogenated alkanes) is 1. The Kier molecular flexibility index (Phi) is 5.82. The number of hydrogen-bond donors (Lipinski definition) is 1. The Morgan fingerprint density at radius 1 is 1.09 bits per heavy atom. The Labute approximate surface area is 134 Å². The van der Waals surface area contributed by atoms with Gasteiger partial charge < -0.3 is 10.0 Å². The number of carbonyl (C=O) groups is 1. The first-order valence-corrected chi connectivity index (χ1v) is 7.45. The van der Waals surface area contributed by atoms with Crippen molar-refractivity contribution >= 4 is 5.91 Å². The van der Waals surface area contributed by atoms with Gasteiger partial charge in [0.25, 0.3) is 5.91 Å². The number of hydrogen-bond acceptors (Lipinski definition) is 2. The second kappa shape index (κ2) is 7.83. The number of nitrogens with zero attached hydrogens (tertiary/aromatic N) is 1. The van der Waals surface area contributed by atoms with Crippen LogP contribution in [0.2, 0.25) is 0 Å². The molecular formula is C18H19F2NO2. The number of amides is 1. The van der Waals surface area contributed by atoms with Crippen LogP contribution < -0.4 is 0 Å². The topological polar surface area (TPSA) is 40.5 Å². The SMILES string of the molecule is CN(CCCCO)C(=O)c1ccccc1-c1ccc(F)c(F)c1. The molecule has 23 heavy (non-hydrogen) atoms. The first kappa shape index (κ1) is 17.1. The lowest BCUT2D eigenvalue weighted by atomic mass is 9.98. The highest BCUT2D eigenvalue weighted by Crippen LogP contribution is 2.26. The quantitative estimate of drug-likeness (QED) is 0.828. The summed E-state index contributed by atoms with van der Waals surface area (Å²) >= 11 is 0. The zero-order valence-electron chi connectivity index (χ0n) is 12.9. The van der Waals surface area contributed by atoms with Crippen molar-refractivity contribution in [2.75, 3.05) is 20.2 Å². The normalized spacial score (nSPS) is 10.6. The molecular weight excluding hydrogens is 300 g/mol. The van der Waals surface area contributed by atoms with Crippen LogP contribution in [0, 0.1) is 11.6 Å². The predicted molar refractivity (Wildman–Crippen MR) is 85.1 cm³/mol. The molecule has 2 aromatic rings. The molecule has 0 bridgehead atoms. The molecule has 1 amide bonds. The predicted octanol–water partition coefficient (Wildman–Crippen LogP) is 3.48. The van der Waals surface area contributed by atoms with Gasteiger partial charge in [0.1, 0.15) is 0 Å². The van der Waals surface area contributed by atoms with E-state index in [4.69, 9.17) is 5.11 Å². The summed E-state index contributed by atoms with van der Waals surface area (Å²) in [4.78, 5) is 14.1. The summed E-state index contributed by atoms with van der Waals surface area (Å²) in [5.74, 6) is -2.05. The molecule has 122 valence electrons. The van der Waals surface area contributed by atoms with E-state index < -0.39 is 11.6 Å². The fourth-order valence-corrected chi connectivity index (χ4v) is 2.35. The van der Waals surface area contributed by atoms with Gasteiger partial charge in [-0.2, -0.15) is 0 Å². The molecule has 2 aromatic carbocycles. The smallest absolute Gasteiger partial charge is 0.254 e. The second-order valence-electron chi connectivity index (χ2n) is 5.33. The van der Waals surface area contributed by atoms with Gasteiger partial charge in [0.2, 0.25) is 0 Å². The molecule has 1 N–H and O–H groups in total. The Balaban J connectivity index is 2.29. The molecule has 0 unspecified atom stereocenters. The minimum absolute atomic E-state index is 0.0907. The maximum atomic E-state index is 13.5. The van der Waals surface area contributed by atoms with Gasteiger partial charge >= 0.3 is 0 Å². The van der Waals surface area contributed by atoms with E-state index in [0.29, 0.717) is 36.1 Å². The minimum atomic E-state index is -0.943. The molecule has 0 radical (unpaired) electrons. The fraction of sp³-hybridized carbons (Fsp3) is 0.278. The molecule has 0 saturated carbocycles. The van der Waals surface area contributed by atoms with Crippen molar-refractivity contribution in [1.29, 1.82) is 0 Å². The van der Waals surface area contributed by atoms with Crippen LogP contribution >= 0.6 is 0 Å². The average molecular weight is 319 g/mol. The van der Waals surface area contributed by atoms with Crippen LogP contribution in [0.3, 0.4) is 0 Å². The molecule has 3 nitrogen and oxygen atoms in total. The van der Waals surface area contributed by atoms with Crippen LogP contribution in [0.4, 0.5) is 8.78 Å². The van der Waals surface area contributed by atoms with E-state index in [-0.39, 0.29) is 12.5 Å². The van der Waals surface area contributed by atoms with Crippen molar-refractivity contribution in [3.05, 3.63) is 59.7 Å². The molecule has 0 atom stereocenters. The molecule has 0 aromatic heterocycles. The molecule has 0 aliphatic carbocycles. The number of carbonyl (C=O) groups excluding carboxylic acids is 1. The maximum Gasteiger partial charge on any atom is 0.254 e. The first-order valence-electron chi connectivity index (χ1n) is 7.45. The lowest BCUT2D eigenvalue weighted by Crippen LogP contribution is -2.28. The molecule has 0 heterocycles. The number of benzene rings is 2. The highest BCUT2D eigenvalue weighted by Gasteiger charge is 2.17. The third-order valence-corrected chi connectivity index (χ3v) is 3.64. The lowest BCUT2D eigenvalue weighted by molar-refractivity contribution is 0.0791. The van der Waals surface area contributed by atoms with Crippen LogP contribution in [0.1, 0.15) is 23.2 Å². The summed E-state index contributed by atoms with van der Waals surface area (Å²) in [5.41, 5.74) is 1.45. The van der Waals surface area contributed by atoms with E-state index in [2.05, 4.69) is 0 Å². The van der Waals surface area contributed by atoms with Crippen molar-refractivity contribution in [2.24, 2.45) is 0 Å². The van der Waals surface area contributed by atoms with Gasteiger partial charge in [0.15, 0.2) is 11.6 Å². The van der Waals surface area contributed by atoms with Crippen LogP contribution in [0.5, 0.6) is 0 Å². The number of aliphatic hydroxyl groups excluding tert-OH is 1. The van der Waals surface area contributed by atoms with Gasteiger partial charge in [-0.1, -0.05) is 24.3 Å². The van der Waals surface area contributed by atoms with Gasteiger partial charge in [-0.15, -0.1) is 0 Å². The molecule has 0 aliphatic heterocycles. The fourth-order valence-electron chi connectivity index (χ4n) is 2.35. The molecule has 0 saturated heterocycles. The zero-order valence-corrected chi connectivity index (χ0v) is 12.9. The van der Waals surface area contributed by atoms with Crippen molar-refractivity contribution in [2.45, 2.75) is 12.8 Å². The van der Waals surface area contributed by atoms with E-state index in [1.165, 1.54) is 6.07 Å². The molecule has 2 rings (SSSR count). The lowest BCUT2D eigenvalue weighted by Gasteiger charge is -2.19. The molecule has 0 fully saturated rings. The summed E-state index contributed by atoms with van der Waals surface area (Å²) in [6, 6.07) is 10.5. The first-order chi connectivity index (χ1) is 11.0. The van der Waals surface area contributed by atoms with E-state index >= 15 is 0 Å². The number of aliphatic hydroxyl groups is 1. The molecule has 0 spiro atoms. The average Bonchev–Trinajstić information content (AvgIpc) is 2.57. The van der Waals surface area contributed by atoms with E-state index in [1.807, 2.05) is 0 Å². The van der Waals surface area contributed by atoms with Gasteiger partial charge in [0, 0.05) is 25.8 Å². The highest BCUT2D eigenvalue weighted by atomic mass is 19.2. The van der Waals surface area contributed by atoms with Crippen molar-refractivity contribution in [3.63, 3.8) is 0 Å². The second-order valence-corrected chi connectivity index (χ2v) is 5.33. The largest absolute Gasteiger partial charge is 0.396 e. The Hall–Kier alpha value is -2.27. The Bertz CT molecular complexity index is 688. The van der Waals surface area contributed by atoms with E-state index in [1.54, 1.807) is 36.2 Å². The van der Waals surface area contributed by atoms with Crippen LogP contribution in [0.15, 0.2) is 42.5 Å². The van der Waals surface area contributed by atoms with Crippen molar-refractivity contribution < 1.29 is 18.7 Å². The monoisotopic (exact) mass is 319 g/mol. The van der Waals surface area contributed by atoms with Crippen LogP contribution in [0.25, 0.3) is 11.1 Å². The van der Waals surface area contributed by atoms with Gasteiger partial charge in [-0.25, -0.2) is 8.78 Å². The Morgan fingerprint density at radius 3 is 2.52 bits per heavy atom. The molecule has 5 heteroatoms. The van der Waals surface area contributed by atoms with Crippen LogP contribution in [-0.4, -0.2) is 36.1 Å². The number of rotatable bonds is 6. The van der Waals surface area contributed by atoms with Crippen LogP contribution in [-0.2, 0) is 0 Å². The summed E-state index contributed by atoms with van der Waals surface area (Å²) < 4.78 is 26.6. The van der Waals surface area contributed by atoms with Gasteiger partial charge in [0.05, 0.1) is 0 Å². The van der Waals surface area contributed by atoms with E-state index in [0.717, 1.165) is 12.1 Å². The molecule has 0 aliphatic rings. The minimum Gasteiger partial charge on any atom is -0.396 e. The standard InChI is InChI=1S/C18H19F2NO2/c1-21(10-4-5-11-22)18(23)15-7-3-2-6-14(15)13-8-9-16(19)17(20)12-13/h2-3,6-9,12,22H,4-5,10-11H2,1H3. The summed E-state index contributed by atoms with van der Waals surface area (Å²) in [6.07, 6.45) is 1.33. The van der Waals surface area contributed by atoms with E-state index in [9.17, 15) is 13.6 Å². The Morgan fingerprint density at radius 2 is 1.83 bits per heavy atom. The maximum absolute atomic E-state index is 13.5. The summed E-state index contributed by atoms with van der Waals surface area (Å²) in [6.45, 7) is 0.610. The van der Waals surface area contributed by atoms with Crippen molar-refractivity contribution in [3.8, 4) is 11.1 Å². The zero-order chi connectivity index (χ0) is 16.8. The van der Waals surface area contributed by atoms with Crippen molar-refractivity contribution in [1.82, 2.24) is 4.90 Å². The summed E-state index contributed by atoms with van der Waals surface area (Å²) in [7, 11) is 1.68.